The van der Waals surface area contributed by atoms with E-state index in [0.29, 0.717) is 18.6 Å². The summed E-state index contributed by atoms with van der Waals surface area (Å²) in [4.78, 5) is 27.2. The van der Waals surface area contributed by atoms with Crippen LogP contribution < -0.4 is 11.2 Å². The first-order valence-electron chi connectivity index (χ1n) is 11.5. The first kappa shape index (κ1) is 26.8. The number of aromatic amines is 1. The summed E-state index contributed by atoms with van der Waals surface area (Å²) in [5.41, 5.74) is -0.631. The Morgan fingerprint density at radius 2 is 1.81 bits per heavy atom. The molecular formula is C22H41N2O5SiSn. The fourth-order valence-corrected chi connectivity index (χ4v) is 13.5. The van der Waals surface area contributed by atoms with Crippen molar-refractivity contribution in [3.8, 4) is 0 Å². The van der Waals surface area contributed by atoms with E-state index in [2.05, 4.69) is 38.8 Å². The molecule has 2 heterocycles. The summed E-state index contributed by atoms with van der Waals surface area (Å²) in [5.74, 6) is 0. The van der Waals surface area contributed by atoms with Gasteiger partial charge >= 0.3 is 193 Å². The molecule has 2 rings (SSSR count). The summed E-state index contributed by atoms with van der Waals surface area (Å²) in [5, 5.41) is -0.802. The number of ether oxygens (including phenoxy) is 2. The van der Waals surface area contributed by atoms with Gasteiger partial charge < -0.3 is 0 Å². The second-order valence-corrected chi connectivity index (χ2v) is 26.3. The third kappa shape index (κ3) is 5.93. The molecule has 1 aromatic rings. The number of H-pyrrole nitrogens is 1. The van der Waals surface area contributed by atoms with E-state index in [1.165, 1.54) is 0 Å². The van der Waals surface area contributed by atoms with Crippen LogP contribution in [-0.2, 0) is 17.9 Å². The number of rotatable bonds is 9. The Hall–Kier alpha value is -0.424. The van der Waals surface area contributed by atoms with E-state index in [1.807, 2.05) is 20.8 Å². The Morgan fingerprint density at radius 1 is 1.23 bits per heavy atom. The van der Waals surface area contributed by atoms with Crippen LogP contribution in [0.4, 0.5) is 0 Å². The molecule has 1 aliphatic heterocycles. The van der Waals surface area contributed by atoms with Crippen molar-refractivity contribution in [2.24, 2.45) is 0 Å². The van der Waals surface area contributed by atoms with Crippen LogP contribution in [0.1, 0.15) is 53.5 Å². The van der Waals surface area contributed by atoms with Crippen molar-refractivity contribution in [3.63, 3.8) is 0 Å². The van der Waals surface area contributed by atoms with Gasteiger partial charge in [-0.15, -0.1) is 0 Å². The van der Waals surface area contributed by atoms with E-state index >= 15 is 0 Å². The van der Waals surface area contributed by atoms with Gasteiger partial charge in [0.25, 0.3) is 0 Å². The summed E-state index contributed by atoms with van der Waals surface area (Å²) in [6, 6.07) is 0. The Balaban J connectivity index is 2.47. The maximum atomic E-state index is 12.8. The van der Waals surface area contributed by atoms with Crippen molar-refractivity contribution < 1.29 is 12.5 Å². The molecule has 31 heavy (non-hydrogen) atoms. The molecule has 0 saturated carbocycles. The molecular weight excluding hydrogens is 519 g/mol. The van der Waals surface area contributed by atoms with Crippen LogP contribution in [0.15, 0.2) is 15.8 Å². The first-order chi connectivity index (χ1) is 14.3. The molecule has 1 aromatic heterocycles. The summed E-state index contributed by atoms with van der Waals surface area (Å²) in [6.07, 6.45) is 1.77. The third-order valence-corrected chi connectivity index (χ3v) is 21.9. The van der Waals surface area contributed by atoms with Crippen molar-refractivity contribution in [1.82, 2.24) is 9.55 Å². The summed E-state index contributed by atoms with van der Waals surface area (Å²) >= 11 is -2.62. The quantitative estimate of drug-likeness (QED) is 0.465. The molecule has 9 heteroatoms. The van der Waals surface area contributed by atoms with Gasteiger partial charge in [0.15, 0.2) is 0 Å². The third-order valence-electron chi connectivity index (χ3n) is 6.52. The molecule has 1 aliphatic rings. The van der Waals surface area contributed by atoms with E-state index in [0.717, 1.165) is 13.3 Å². The molecule has 0 amide bonds. The van der Waals surface area contributed by atoms with Crippen LogP contribution in [-0.4, -0.2) is 61.6 Å². The molecule has 177 valence electrons. The van der Waals surface area contributed by atoms with Crippen molar-refractivity contribution >= 4 is 27.6 Å². The maximum absolute atomic E-state index is 12.8. The molecule has 0 unspecified atom stereocenters. The van der Waals surface area contributed by atoms with Gasteiger partial charge in [-0.05, 0) is 0 Å². The van der Waals surface area contributed by atoms with Crippen LogP contribution in [0.25, 0.3) is 0 Å². The van der Waals surface area contributed by atoms with Crippen LogP contribution >= 0.6 is 0 Å². The second kappa shape index (κ2) is 10.2. The van der Waals surface area contributed by atoms with Gasteiger partial charge in [-0.2, -0.15) is 0 Å². The second-order valence-electron chi connectivity index (χ2n) is 9.91. The average molecular weight is 560 g/mol. The number of nitrogens with zero attached hydrogens (tertiary/aromatic N) is 1. The molecule has 7 nitrogen and oxygen atoms in total. The number of hydrogen-bond acceptors (Lipinski definition) is 5. The van der Waals surface area contributed by atoms with E-state index in [4.69, 9.17) is 12.5 Å². The summed E-state index contributed by atoms with van der Waals surface area (Å²) < 4.78 is 24.9. The van der Waals surface area contributed by atoms with Crippen LogP contribution in [0.5, 0.6) is 0 Å². The minimum absolute atomic E-state index is 0.186. The van der Waals surface area contributed by atoms with Gasteiger partial charge in [0.1, 0.15) is 0 Å². The Labute approximate surface area is 192 Å². The average Bonchev–Trinajstić information content (AvgIpc) is 3.04. The zero-order valence-electron chi connectivity index (χ0n) is 20.8. The number of aryl methyl sites for hydroxylation is 1. The molecule has 0 aliphatic carbocycles. The SMILES string of the molecule is C[CH2][Sn]([CH2]C)([CH2]C)[O]C[C@H]1O[C@](n2cc(C)c(=O)[nH]c2=O)([Si](C)C)C[C@@H]1OC(C)(C)C. The monoisotopic (exact) mass is 561 g/mol. The first-order valence-corrected chi connectivity index (χ1v) is 21.2. The summed E-state index contributed by atoms with van der Waals surface area (Å²) in [7, 11) is -1.16. The molecule has 0 bridgehead atoms. The topological polar surface area (TPSA) is 82.5 Å². The van der Waals surface area contributed by atoms with Gasteiger partial charge in [0, 0.05) is 0 Å². The zero-order chi connectivity index (χ0) is 23.6. The molecule has 1 fully saturated rings. The minimum atomic E-state index is -2.62. The predicted molar refractivity (Wildman–Crippen MR) is 129 cm³/mol. The van der Waals surface area contributed by atoms with E-state index in [-0.39, 0.29) is 23.4 Å². The fourth-order valence-electron chi connectivity index (χ4n) is 4.36. The normalized spacial score (nSPS) is 24.8. The van der Waals surface area contributed by atoms with Crippen molar-refractivity contribution in [2.45, 2.75) is 104 Å². The van der Waals surface area contributed by atoms with Crippen LogP contribution in [0.2, 0.25) is 26.4 Å². The van der Waals surface area contributed by atoms with Gasteiger partial charge in [-0.25, -0.2) is 0 Å². The fraction of sp³-hybridized carbons (Fsp3) is 0.818. The predicted octanol–water partition coefficient (Wildman–Crippen LogP) is 3.79. The Morgan fingerprint density at radius 3 is 2.29 bits per heavy atom. The zero-order valence-corrected chi connectivity index (χ0v) is 24.6. The van der Waals surface area contributed by atoms with Crippen molar-refractivity contribution in [3.05, 3.63) is 32.6 Å². The van der Waals surface area contributed by atoms with Gasteiger partial charge in [0.2, 0.25) is 0 Å². The molecule has 1 N–H and O–H groups in total. The Kier molecular flexibility index (Phi) is 8.86. The number of aromatic nitrogens is 2. The summed E-state index contributed by atoms with van der Waals surface area (Å²) in [6.45, 7) is 19.3. The van der Waals surface area contributed by atoms with Crippen LogP contribution in [0, 0.1) is 6.92 Å². The molecule has 1 radical (unpaired) electrons. The van der Waals surface area contributed by atoms with E-state index in [1.54, 1.807) is 17.7 Å². The Bertz CT molecular complexity index is 850. The van der Waals surface area contributed by atoms with E-state index < -0.39 is 38.6 Å². The van der Waals surface area contributed by atoms with Crippen molar-refractivity contribution in [1.29, 1.82) is 0 Å². The molecule has 0 spiro atoms. The molecule has 0 aromatic carbocycles. The van der Waals surface area contributed by atoms with Gasteiger partial charge in [-0.1, -0.05) is 0 Å². The van der Waals surface area contributed by atoms with Crippen LogP contribution in [0.3, 0.4) is 0 Å². The number of hydrogen-bond donors (Lipinski definition) is 1. The van der Waals surface area contributed by atoms with Crippen molar-refractivity contribution in [2.75, 3.05) is 6.61 Å². The van der Waals surface area contributed by atoms with Gasteiger partial charge in [-0.3, -0.25) is 0 Å². The standard InChI is InChI=1S/C16H26N2O5Si.3C2H5.Sn/c1-10-8-18(14(21)17-13(10)20)16(24(5)6)7-11(12(9-19)23-16)22-15(2,3)4;3*1-2;/h8,11-12H,7,9H2,1-6H3,(H,17,20,21);3*1H2,2H3;/q-1;;;;+1/t11-,12+,16-;;;;/m0..../s1. The molecule has 3 atom stereocenters. The molecule has 1 saturated heterocycles. The van der Waals surface area contributed by atoms with E-state index in [9.17, 15) is 9.59 Å². The number of nitrogens with one attached hydrogen (secondary N) is 1. The van der Waals surface area contributed by atoms with Gasteiger partial charge in [0.05, 0.1) is 0 Å².